The monoisotopic (exact) mass is 734 g/mol. The number of nitrogens with one attached hydrogen (secondary N) is 1. The van der Waals surface area contributed by atoms with Crippen LogP contribution in [0.2, 0.25) is 0 Å². The van der Waals surface area contributed by atoms with Crippen LogP contribution in [-0.2, 0) is 9.53 Å². The summed E-state index contributed by atoms with van der Waals surface area (Å²) in [5, 5.41) is 6.30. The lowest BCUT2D eigenvalue weighted by Gasteiger charge is -2.43. The number of hydrogen-bond donors (Lipinski definition) is 1. The van der Waals surface area contributed by atoms with Crippen molar-refractivity contribution in [2.75, 3.05) is 54.4 Å². The summed E-state index contributed by atoms with van der Waals surface area (Å²) in [7, 11) is 0. The Hall–Kier alpha value is -3.99. The molecule has 0 aliphatic heterocycles. The van der Waals surface area contributed by atoms with Gasteiger partial charge in [-0.2, -0.15) is 0 Å². The zero-order valence-electron chi connectivity index (χ0n) is 35.6. The van der Waals surface area contributed by atoms with E-state index in [9.17, 15) is 4.79 Å². The van der Waals surface area contributed by atoms with E-state index in [4.69, 9.17) is 4.74 Å². The Morgan fingerprint density at radius 1 is 0.630 bits per heavy atom. The summed E-state index contributed by atoms with van der Waals surface area (Å²) in [5.74, 6) is 0.0433. The van der Waals surface area contributed by atoms with Gasteiger partial charge in [0.1, 0.15) is 0 Å². The van der Waals surface area contributed by atoms with Crippen LogP contribution in [0.3, 0.4) is 0 Å². The highest BCUT2D eigenvalue weighted by atomic mass is 16.5. The van der Waals surface area contributed by atoms with E-state index in [1.807, 2.05) is 0 Å². The molecule has 4 aromatic rings. The quantitative estimate of drug-likeness (QED) is 0.0590. The number of unbranched alkanes of at least 4 members (excludes halogenated alkanes) is 3. The maximum Gasteiger partial charge on any atom is 0.312 e. The molecule has 0 amide bonds. The number of fused-ring (bicyclic) bond motifs is 1. The third kappa shape index (κ3) is 10.6. The van der Waals surface area contributed by atoms with Gasteiger partial charge in [0, 0.05) is 61.1 Å². The fourth-order valence-electron chi connectivity index (χ4n) is 8.04. The summed E-state index contributed by atoms with van der Waals surface area (Å²) in [6, 6.07) is 31.9. The highest BCUT2D eigenvalue weighted by Crippen LogP contribution is 2.47. The van der Waals surface area contributed by atoms with Crippen molar-refractivity contribution in [3.05, 3.63) is 102 Å². The van der Waals surface area contributed by atoms with Crippen LogP contribution in [0.15, 0.2) is 84.9 Å². The predicted molar refractivity (Wildman–Crippen MR) is 234 cm³/mol. The van der Waals surface area contributed by atoms with Crippen molar-refractivity contribution >= 4 is 33.8 Å². The van der Waals surface area contributed by atoms with Gasteiger partial charge in [-0.25, -0.2) is 0 Å². The van der Waals surface area contributed by atoms with Gasteiger partial charge in [-0.15, -0.1) is 0 Å². The van der Waals surface area contributed by atoms with Gasteiger partial charge in [0.05, 0.1) is 12.0 Å². The zero-order valence-corrected chi connectivity index (χ0v) is 35.6. The van der Waals surface area contributed by atoms with Crippen molar-refractivity contribution < 1.29 is 9.53 Å². The SMILES string of the molecule is CCN(CC)c1ccc(C(c2ccc(N(CC)CC)cc2)c2ccc(NCCCCCCOC(=O)C(C)(CC(C)(C)C)C(C)(C)C)c3ccccc23)cc1. The number of rotatable bonds is 19. The Bertz CT molecular complexity index is 1690. The molecule has 0 spiro atoms. The van der Waals surface area contributed by atoms with Crippen LogP contribution in [0.5, 0.6) is 0 Å². The molecule has 0 aliphatic rings. The third-order valence-electron chi connectivity index (χ3n) is 11.6. The van der Waals surface area contributed by atoms with Crippen molar-refractivity contribution in [2.24, 2.45) is 16.2 Å². The summed E-state index contributed by atoms with van der Waals surface area (Å²) in [5.41, 5.74) is 7.01. The van der Waals surface area contributed by atoms with Gasteiger partial charge < -0.3 is 19.9 Å². The smallest absolute Gasteiger partial charge is 0.312 e. The van der Waals surface area contributed by atoms with Crippen molar-refractivity contribution in [2.45, 2.75) is 114 Å². The Kier molecular flexibility index (Phi) is 15.1. The first-order valence-electron chi connectivity index (χ1n) is 20.8. The number of benzene rings is 4. The second-order valence-electron chi connectivity index (χ2n) is 17.5. The number of carbonyl (C=O) groups is 1. The standard InChI is InChI=1S/C49H71N3O2/c1-12-51(13-2)39-28-24-37(25-29-39)45(38-26-30-40(31-27-38)52(14-3)15-4)43-32-33-44(42-23-19-18-22-41(42)43)50-34-20-16-17-21-35-54-46(53)49(11,48(8,9)10)36-47(5,6)7/h18-19,22-33,45,50H,12-17,20-21,34-36H2,1-11H3. The molecule has 5 heteroatoms. The molecule has 0 aliphatic carbocycles. The van der Waals surface area contributed by atoms with Gasteiger partial charge in [0.25, 0.3) is 0 Å². The number of anilines is 3. The van der Waals surface area contributed by atoms with Crippen LogP contribution >= 0.6 is 0 Å². The van der Waals surface area contributed by atoms with Crippen molar-refractivity contribution in [1.29, 1.82) is 0 Å². The number of ether oxygens (including phenoxy) is 1. The first-order valence-corrected chi connectivity index (χ1v) is 20.8. The van der Waals surface area contributed by atoms with Crippen LogP contribution in [0.1, 0.15) is 131 Å². The largest absolute Gasteiger partial charge is 0.465 e. The van der Waals surface area contributed by atoms with E-state index >= 15 is 0 Å². The Labute approximate surface area is 328 Å². The first kappa shape index (κ1) is 42.7. The van der Waals surface area contributed by atoms with E-state index in [0.717, 1.165) is 64.8 Å². The first-order chi connectivity index (χ1) is 25.7. The minimum atomic E-state index is -0.515. The predicted octanol–water partition coefficient (Wildman–Crippen LogP) is 12.7. The second-order valence-corrected chi connectivity index (χ2v) is 17.5. The molecule has 1 N–H and O–H groups in total. The highest BCUT2D eigenvalue weighted by Gasteiger charge is 2.47. The van der Waals surface area contributed by atoms with Gasteiger partial charge >= 0.3 is 5.97 Å². The lowest BCUT2D eigenvalue weighted by Crippen LogP contribution is -2.44. The molecule has 0 fully saturated rings. The minimum Gasteiger partial charge on any atom is -0.465 e. The molecule has 1 unspecified atom stereocenters. The molecule has 5 nitrogen and oxygen atoms in total. The van der Waals surface area contributed by atoms with Crippen molar-refractivity contribution in [1.82, 2.24) is 0 Å². The molecule has 1 atom stereocenters. The maximum atomic E-state index is 13.3. The topological polar surface area (TPSA) is 44.8 Å². The zero-order chi connectivity index (χ0) is 39.5. The van der Waals surface area contributed by atoms with Crippen molar-refractivity contribution in [3.63, 3.8) is 0 Å². The van der Waals surface area contributed by atoms with Gasteiger partial charge in [-0.3, -0.25) is 4.79 Å². The average Bonchev–Trinajstić information content (AvgIpc) is 3.14. The van der Waals surface area contributed by atoms with Gasteiger partial charge in [-0.1, -0.05) is 103 Å². The number of hydrogen-bond acceptors (Lipinski definition) is 5. The molecular formula is C49H71N3O2. The lowest BCUT2D eigenvalue weighted by molar-refractivity contribution is -0.164. The van der Waals surface area contributed by atoms with Crippen LogP contribution in [0.4, 0.5) is 17.1 Å². The minimum absolute atomic E-state index is 0.0520. The van der Waals surface area contributed by atoms with E-state index in [0.29, 0.717) is 6.61 Å². The molecule has 294 valence electrons. The van der Waals surface area contributed by atoms with Crippen LogP contribution < -0.4 is 15.1 Å². The van der Waals surface area contributed by atoms with Crippen LogP contribution in [0.25, 0.3) is 10.8 Å². The molecule has 0 radical (unpaired) electrons. The van der Waals surface area contributed by atoms with E-state index in [2.05, 4.69) is 176 Å². The molecule has 0 saturated carbocycles. The van der Waals surface area contributed by atoms with E-state index in [1.165, 1.54) is 44.5 Å². The molecule has 0 heterocycles. The normalized spacial score (nSPS) is 13.2. The maximum absolute atomic E-state index is 13.3. The summed E-state index contributed by atoms with van der Waals surface area (Å²) in [6.45, 7) is 29.4. The van der Waals surface area contributed by atoms with Crippen LogP contribution in [0, 0.1) is 16.2 Å². The van der Waals surface area contributed by atoms with Crippen LogP contribution in [-0.4, -0.2) is 45.3 Å². The van der Waals surface area contributed by atoms with Gasteiger partial charge in [0.2, 0.25) is 0 Å². The van der Waals surface area contributed by atoms with E-state index < -0.39 is 5.41 Å². The number of carbonyl (C=O) groups excluding carboxylic acids is 1. The second kappa shape index (κ2) is 19.0. The molecule has 4 rings (SSSR count). The third-order valence-corrected chi connectivity index (χ3v) is 11.6. The van der Waals surface area contributed by atoms with Crippen molar-refractivity contribution in [3.8, 4) is 0 Å². The molecule has 4 aromatic carbocycles. The fraction of sp³-hybridized carbons (Fsp3) is 0.531. The summed E-state index contributed by atoms with van der Waals surface area (Å²) >= 11 is 0. The number of esters is 1. The Morgan fingerprint density at radius 3 is 1.61 bits per heavy atom. The molecule has 54 heavy (non-hydrogen) atoms. The lowest BCUT2D eigenvalue weighted by atomic mass is 9.61. The summed E-state index contributed by atoms with van der Waals surface area (Å²) < 4.78 is 5.89. The van der Waals surface area contributed by atoms with Gasteiger partial charge in [-0.05, 0) is 124 Å². The van der Waals surface area contributed by atoms with E-state index in [1.54, 1.807) is 0 Å². The number of nitrogens with zero attached hydrogens (tertiary/aromatic N) is 2. The summed E-state index contributed by atoms with van der Waals surface area (Å²) in [6.07, 6.45) is 4.90. The Morgan fingerprint density at radius 2 is 1.13 bits per heavy atom. The fourth-order valence-corrected chi connectivity index (χ4v) is 8.04. The average molecular weight is 734 g/mol. The molecule has 0 aromatic heterocycles. The van der Waals surface area contributed by atoms with Gasteiger partial charge in [0.15, 0.2) is 0 Å². The molecule has 0 saturated heterocycles. The Balaban J connectivity index is 1.46. The highest BCUT2D eigenvalue weighted by molar-refractivity contribution is 5.97. The molecular weight excluding hydrogens is 663 g/mol. The summed E-state index contributed by atoms with van der Waals surface area (Å²) in [4.78, 5) is 18.1. The molecule has 0 bridgehead atoms. The van der Waals surface area contributed by atoms with E-state index in [-0.39, 0.29) is 22.7 Å².